The first-order chi connectivity index (χ1) is 37.6. The third kappa shape index (κ3) is 57.9. The van der Waals surface area contributed by atoms with Gasteiger partial charge in [0.1, 0.15) is 13.2 Å². The topological polar surface area (TPSA) is 108 Å². The van der Waals surface area contributed by atoms with Gasteiger partial charge in [0.2, 0.25) is 0 Å². The molecule has 0 aromatic carbocycles. The number of ether oxygens (including phenoxy) is 4. The van der Waals surface area contributed by atoms with Gasteiger partial charge in [-0.1, -0.05) is 203 Å². The molecule has 0 amide bonds. The van der Waals surface area contributed by atoms with Crippen molar-refractivity contribution in [1.29, 1.82) is 0 Å². The Morgan fingerprint density at radius 1 is 0.390 bits per heavy atom. The van der Waals surface area contributed by atoms with E-state index in [1.54, 1.807) is 0 Å². The number of quaternary nitrogens is 1. The van der Waals surface area contributed by atoms with E-state index in [4.69, 9.17) is 18.9 Å². The molecule has 0 bridgehead atoms. The SMILES string of the molecule is CC/C=C\C/C=C\C/C=C\C/C=C\C/C=C\C/C=C\C/C=C\C/C=C\C/C=C\C/C=C\C/C=C\CCCCCC(=O)OC(COC(=O)CCCC/C=C\C/C=C\C/C=C\C/C=C\CC)COC(OCC[N+](C)(C)C)C(=O)O. The van der Waals surface area contributed by atoms with Crippen molar-refractivity contribution in [3.8, 4) is 0 Å². The summed E-state index contributed by atoms with van der Waals surface area (Å²) in [7, 11) is 5.92. The number of unbranched alkanes of at least 4 members (excludes halogenated alkanes) is 5. The summed E-state index contributed by atoms with van der Waals surface area (Å²) in [4.78, 5) is 37.3. The Kier molecular flexibility index (Phi) is 52.5. The van der Waals surface area contributed by atoms with Crippen molar-refractivity contribution in [2.45, 2.75) is 180 Å². The van der Waals surface area contributed by atoms with Crippen LogP contribution in [0.1, 0.15) is 168 Å². The van der Waals surface area contributed by atoms with Gasteiger partial charge in [0.05, 0.1) is 34.4 Å². The third-order valence-electron chi connectivity index (χ3n) is 11.2. The molecule has 428 valence electrons. The second-order valence-corrected chi connectivity index (χ2v) is 19.5. The van der Waals surface area contributed by atoms with Crippen molar-refractivity contribution >= 4 is 17.9 Å². The molecule has 0 radical (unpaired) electrons. The lowest BCUT2D eigenvalue weighted by Crippen LogP contribution is -2.40. The number of rotatable bonds is 50. The molecular formula is C68H104NO8+. The maximum absolute atomic E-state index is 12.8. The molecule has 0 rings (SSSR count). The number of hydrogen-bond acceptors (Lipinski definition) is 7. The fraction of sp³-hybridized carbons (Fsp3) is 0.515. The minimum Gasteiger partial charge on any atom is -0.477 e. The van der Waals surface area contributed by atoms with Gasteiger partial charge in [0, 0.05) is 12.8 Å². The van der Waals surface area contributed by atoms with Crippen LogP contribution in [0.5, 0.6) is 0 Å². The molecule has 9 heteroatoms. The molecule has 2 atom stereocenters. The summed E-state index contributed by atoms with van der Waals surface area (Å²) in [5.41, 5.74) is 0. The lowest BCUT2D eigenvalue weighted by molar-refractivity contribution is -0.870. The number of nitrogens with zero attached hydrogens (tertiary/aromatic N) is 1. The maximum atomic E-state index is 12.8. The van der Waals surface area contributed by atoms with Gasteiger partial charge in [-0.05, 0) is 135 Å². The number of carbonyl (C=O) groups excluding carboxylic acids is 2. The summed E-state index contributed by atoms with van der Waals surface area (Å²) >= 11 is 0. The first-order valence-electron chi connectivity index (χ1n) is 28.9. The van der Waals surface area contributed by atoms with Crippen LogP contribution in [0, 0.1) is 0 Å². The highest BCUT2D eigenvalue weighted by Crippen LogP contribution is 2.11. The molecule has 0 fully saturated rings. The van der Waals surface area contributed by atoms with Gasteiger partial charge in [-0.2, -0.15) is 0 Å². The molecule has 0 aliphatic rings. The Hall–Kier alpha value is -5.61. The van der Waals surface area contributed by atoms with E-state index in [0.29, 0.717) is 23.9 Å². The summed E-state index contributed by atoms with van der Waals surface area (Å²) in [6, 6.07) is 0. The molecule has 0 aromatic heterocycles. The van der Waals surface area contributed by atoms with Gasteiger partial charge < -0.3 is 28.5 Å². The fourth-order valence-corrected chi connectivity index (χ4v) is 6.77. The van der Waals surface area contributed by atoms with Crippen LogP contribution >= 0.6 is 0 Å². The zero-order valence-corrected chi connectivity index (χ0v) is 48.5. The molecule has 0 saturated heterocycles. The first kappa shape index (κ1) is 71.4. The molecule has 0 aliphatic carbocycles. The largest absolute Gasteiger partial charge is 0.477 e. The quantitative estimate of drug-likeness (QED) is 0.0211. The Balaban J connectivity index is 4.36. The fourth-order valence-electron chi connectivity index (χ4n) is 6.77. The number of carboxylic acids is 1. The van der Waals surface area contributed by atoms with Crippen LogP contribution < -0.4 is 0 Å². The summed E-state index contributed by atoms with van der Waals surface area (Å²) < 4.78 is 22.7. The molecule has 0 heterocycles. The Morgan fingerprint density at radius 2 is 0.701 bits per heavy atom. The molecule has 77 heavy (non-hydrogen) atoms. The Bertz CT molecular complexity index is 1910. The molecule has 9 nitrogen and oxygen atoms in total. The number of esters is 2. The average Bonchev–Trinajstić information content (AvgIpc) is 3.40. The highest BCUT2D eigenvalue weighted by atomic mass is 16.7. The number of aliphatic carboxylic acids is 1. The standard InChI is InChI=1S/C68H103NO8/c1-6-8-10-12-14-16-18-20-22-23-24-25-26-27-28-29-30-31-32-33-34-35-36-37-38-39-40-41-42-43-45-47-49-51-53-55-57-59-66(71)77-64(63-76-68(67(72)73)74-61-60-69(3,4)5)62-75-65(70)58-56-54-52-50-48-46-44-21-19-17-15-13-11-9-7-2/h8-11,14-17,20-22,24-25,27-28,30-31,33-34,36-37,39-40,42-44,47-50,64,68H,6-7,12-13,18-19,23,26,29,32,35,38,41,45-46,51-63H2,1-5H3/p+1/b10-8-,11-9-,16-14-,17-15-,22-20-,25-24-,28-27-,31-30-,34-33-,37-36-,40-39-,43-42-,44-21-,49-47-,50-48-. The van der Waals surface area contributed by atoms with E-state index in [-0.39, 0.29) is 32.7 Å². The van der Waals surface area contributed by atoms with Gasteiger partial charge in [-0.3, -0.25) is 9.59 Å². The lowest BCUT2D eigenvalue weighted by atomic mass is 10.1. The zero-order valence-electron chi connectivity index (χ0n) is 48.5. The normalized spacial score (nSPS) is 14.1. The van der Waals surface area contributed by atoms with Crippen molar-refractivity contribution in [3.05, 3.63) is 182 Å². The van der Waals surface area contributed by atoms with Crippen molar-refractivity contribution in [3.63, 3.8) is 0 Å². The predicted molar refractivity (Wildman–Crippen MR) is 326 cm³/mol. The van der Waals surface area contributed by atoms with Gasteiger partial charge in [-0.15, -0.1) is 0 Å². The second-order valence-electron chi connectivity index (χ2n) is 19.5. The van der Waals surface area contributed by atoms with Crippen molar-refractivity contribution < 1.29 is 42.9 Å². The molecule has 0 saturated carbocycles. The summed E-state index contributed by atoms with van der Waals surface area (Å²) in [5.74, 6) is -2.14. The van der Waals surface area contributed by atoms with E-state index in [1.807, 2.05) is 21.1 Å². The summed E-state index contributed by atoms with van der Waals surface area (Å²) in [5, 5.41) is 9.68. The van der Waals surface area contributed by atoms with Crippen LogP contribution in [0.3, 0.4) is 0 Å². The van der Waals surface area contributed by atoms with Crippen LogP contribution in [0.2, 0.25) is 0 Å². The number of likely N-dealkylation sites (N-methyl/N-ethyl adjacent to an activating group) is 1. The smallest absolute Gasteiger partial charge is 0.361 e. The summed E-state index contributed by atoms with van der Waals surface area (Å²) in [6.45, 7) is 4.51. The second kappa shape index (κ2) is 56.6. The monoisotopic (exact) mass is 1060 g/mol. The van der Waals surface area contributed by atoms with Crippen LogP contribution in [0.4, 0.5) is 0 Å². The van der Waals surface area contributed by atoms with E-state index in [0.717, 1.165) is 128 Å². The maximum Gasteiger partial charge on any atom is 0.361 e. The van der Waals surface area contributed by atoms with Gasteiger partial charge in [-0.25, -0.2) is 4.79 Å². The zero-order chi connectivity index (χ0) is 56.2. The molecule has 0 aromatic rings. The van der Waals surface area contributed by atoms with Crippen LogP contribution in [-0.4, -0.2) is 87.4 Å². The molecule has 1 N–H and O–H groups in total. The van der Waals surface area contributed by atoms with Crippen LogP contribution in [-0.2, 0) is 33.3 Å². The molecule has 0 aliphatic heterocycles. The van der Waals surface area contributed by atoms with E-state index < -0.39 is 30.3 Å². The van der Waals surface area contributed by atoms with Crippen molar-refractivity contribution in [2.24, 2.45) is 0 Å². The molecule has 0 spiro atoms. The Labute approximate surface area is 469 Å². The van der Waals surface area contributed by atoms with Crippen molar-refractivity contribution in [1.82, 2.24) is 0 Å². The van der Waals surface area contributed by atoms with Crippen molar-refractivity contribution in [2.75, 3.05) is 47.5 Å². The average molecular weight is 1060 g/mol. The number of allylic oxidation sites excluding steroid dienone is 30. The molecular weight excluding hydrogens is 959 g/mol. The van der Waals surface area contributed by atoms with Gasteiger partial charge in [0.15, 0.2) is 6.10 Å². The highest BCUT2D eigenvalue weighted by Gasteiger charge is 2.25. The number of carbonyl (C=O) groups is 3. The summed E-state index contributed by atoms with van der Waals surface area (Å²) in [6.07, 6.45) is 84.2. The minimum atomic E-state index is -1.54. The molecule has 2 unspecified atom stereocenters. The number of carboxylic acid groups (broad SMARTS) is 1. The Morgan fingerprint density at radius 3 is 1.04 bits per heavy atom. The lowest BCUT2D eigenvalue weighted by Gasteiger charge is -2.25. The minimum absolute atomic E-state index is 0.163. The van der Waals surface area contributed by atoms with Gasteiger partial charge >= 0.3 is 17.9 Å². The van der Waals surface area contributed by atoms with Crippen LogP contribution in [0.15, 0.2) is 182 Å². The van der Waals surface area contributed by atoms with E-state index in [2.05, 4.69) is 196 Å². The van der Waals surface area contributed by atoms with Crippen LogP contribution in [0.25, 0.3) is 0 Å². The third-order valence-corrected chi connectivity index (χ3v) is 11.2. The predicted octanol–water partition coefficient (Wildman–Crippen LogP) is 17.3. The number of hydrogen-bond donors (Lipinski definition) is 1. The highest BCUT2D eigenvalue weighted by molar-refractivity contribution is 5.71. The van der Waals surface area contributed by atoms with Gasteiger partial charge in [0.25, 0.3) is 6.29 Å². The van der Waals surface area contributed by atoms with E-state index >= 15 is 0 Å². The first-order valence-corrected chi connectivity index (χ1v) is 28.9. The van der Waals surface area contributed by atoms with E-state index in [1.165, 1.54) is 0 Å². The van der Waals surface area contributed by atoms with E-state index in [9.17, 15) is 19.5 Å².